The van der Waals surface area contributed by atoms with Crippen LogP contribution in [-0.2, 0) is 4.65 Å². The average Bonchev–Trinajstić information content (AvgIpc) is 2.91. The highest BCUT2D eigenvalue weighted by atomic mass is 16.5. The van der Waals surface area contributed by atoms with Crippen molar-refractivity contribution in [3.05, 3.63) is 97.1 Å². The summed E-state index contributed by atoms with van der Waals surface area (Å²) in [6.07, 6.45) is 0. The number of fused-ring (bicyclic) bond motifs is 1. The highest BCUT2D eigenvalue weighted by Crippen LogP contribution is 2.30. The van der Waals surface area contributed by atoms with Gasteiger partial charge in [0, 0.05) is 16.7 Å². The topological polar surface area (TPSA) is 68.1 Å². The third-order valence-electron chi connectivity index (χ3n) is 6.96. The molecule has 5 aromatic rings. The van der Waals surface area contributed by atoms with E-state index in [-0.39, 0.29) is 0 Å². The van der Waals surface area contributed by atoms with Gasteiger partial charge in [0.25, 0.3) is 0 Å². The van der Waals surface area contributed by atoms with Crippen LogP contribution in [0.1, 0.15) is 27.7 Å². The molecule has 0 aliphatic heterocycles. The van der Waals surface area contributed by atoms with E-state index in [0.717, 1.165) is 32.9 Å². The molecule has 0 spiro atoms. The highest BCUT2D eigenvalue weighted by molar-refractivity contribution is 6.47. The van der Waals surface area contributed by atoms with E-state index in [9.17, 15) is 5.11 Å². The summed E-state index contributed by atoms with van der Waals surface area (Å²) in [5, 5.41) is 12.6. The number of nitrogens with zero attached hydrogens (tertiary/aromatic N) is 3. The van der Waals surface area contributed by atoms with Gasteiger partial charge >= 0.3 is 7.48 Å². The van der Waals surface area contributed by atoms with Gasteiger partial charge in [-0.15, -0.1) is 0 Å². The molecule has 0 bridgehead atoms. The van der Waals surface area contributed by atoms with E-state index >= 15 is 0 Å². The van der Waals surface area contributed by atoms with E-state index in [1.165, 1.54) is 0 Å². The first kappa shape index (κ1) is 24.8. The van der Waals surface area contributed by atoms with E-state index in [1.54, 1.807) is 13.8 Å². The molecule has 1 N–H and O–H groups in total. The van der Waals surface area contributed by atoms with Crippen molar-refractivity contribution in [3.8, 4) is 34.2 Å². The first-order valence-corrected chi connectivity index (χ1v) is 12.5. The Labute approximate surface area is 218 Å². The fraction of sp³-hybridized carbons (Fsp3) is 0.194. The molecular weight excluding hydrogens is 457 g/mol. The zero-order chi connectivity index (χ0) is 26.0. The van der Waals surface area contributed by atoms with Crippen LogP contribution in [0, 0.1) is 0 Å². The van der Waals surface area contributed by atoms with Crippen molar-refractivity contribution in [1.29, 1.82) is 0 Å². The van der Waals surface area contributed by atoms with Crippen molar-refractivity contribution >= 4 is 23.7 Å². The Hall–Kier alpha value is -3.87. The third-order valence-corrected chi connectivity index (χ3v) is 6.96. The van der Waals surface area contributed by atoms with Gasteiger partial charge in [-0.3, -0.25) is 0 Å². The average molecular weight is 487 g/mol. The van der Waals surface area contributed by atoms with Crippen LogP contribution in [0.25, 0.3) is 44.9 Å². The maximum Gasteiger partial charge on any atom is 0.309 e. The van der Waals surface area contributed by atoms with Crippen LogP contribution in [0.15, 0.2) is 97.1 Å². The van der Waals surface area contributed by atoms with Gasteiger partial charge in [0.1, 0.15) is 0 Å². The normalized spacial score (nSPS) is 12.0. The van der Waals surface area contributed by atoms with Crippen LogP contribution >= 0.6 is 0 Å². The number of aliphatic hydroxyl groups is 1. The summed E-state index contributed by atoms with van der Waals surface area (Å²) in [4.78, 5) is 14.6. The second-order valence-electron chi connectivity index (χ2n) is 10.3. The number of rotatable bonds is 7. The molecule has 0 amide bonds. The lowest BCUT2D eigenvalue weighted by Crippen LogP contribution is -2.49. The van der Waals surface area contributed by atoms with Crippen LogP contribution in [0.4, 0.5) is 0 Å². The summed E-state index contributed by atoms with van der Waals surface area (Å²) < 4.78 is 6.14. The summed E-state index contributed by atoms with van der Waals surface area (Å²) in [5.41, 5.74) is 2.14. The second kappa shape index (κ2) is 9.89. The van der Waals surface area contributed by atoms with Gasteiger partial charge < -0.3 is 9.76 Å². The number of aromatic nitrogens is 3. The Morgan fingerprint density at radius 2 is 1.22 bits per heavy atom. The maximum absolute atomic E-state index is 10.5. The van der Waals surface area contributed by atoms with Gasteiger partial charge in [-0.2, -0.15) is 0 Å². The first-order chi connectivity index (χ1) is 17.7. The second-order valence-corrected chi connectivity index (χ2v) is 10.3. The Kier molecular flexibility index (Phi) is 6.63. The lowest BCUT2D eigenvalue weighted by molar-refractivity contribution is -0.0893. The van der Waals surface area contributed by atoms with Gasteiger partial charge in [0.05, 0.1) is 11.2 Å². The summed E-state index contributed by atoms with van der Waals surface area (Å²) in [6.45, 7) is 7.34. The minimum atomic E-state index is -0.971. The van der Waals surface area contributed by atoms with Crippen LogP contribution in [0.5, 0.6) is 0 Å². The molecule has 0 atom stereocenters. The van der Waals surface area contributed by atoms with Crippen LogP contribution < -0.4 is 5.46 Å². The monoisotopic (exact) mass is 487 g/mol. The molecule has 5 nitrogen and oxygen atoms in total. The molecule has 4 aromatic carbocycles. The number of benzene rings is 4. The van der Waals surface area contributed by atoms with Crippen molar-refractivity contribution in [2.45, 2.75) is 38.9 Å². The fourth-order valence-corrected chi connectivity index (χ4v) is 3.97. The molecule has 5 rings (SSSR count). The summed E-state index contributed by atoms with van der Waals surface area (Å²) >= 11 is 0. The third kappa shape index (κ3) is 5.31. The molecule has 0 saturated heterocycles. The molecule has 37 heavy (non-hydrogen) atoms. The Bertz CT molecular complexity index is 1470. The van der Waals surface area contributed by atoms with Crippen molar-refractivity contribution in [2.75, 3.05) is 0 Å². The Morgan fingerprint density at radius 3 is 1.78 bits per heavy atom. The lowest BCUT2D eigenvalue weighted by atomic mass is 9.81. The molecule has 0 radical (unpaired) electrons. The molecule has 0 aliphatic carbocycles. The molecule has 1 heterocycles. The largest absolute Gasteiger partial charge is 0.427 e. The van der Waals surface area contributed by atoms with Gasteiger partial charge in [-0.05, 0) is 38.5 Å². The van der Waals surface area contributed by atoms with Crippen molar-refractivity contribution in [3.63, 3.8) is 0 Å². The molecule has 0 aliphatic rings. The zero-order valence-electron chi connectivity index (χ0n) is 21.6. The minimum absolute atomic E-state index is 0.378. The van der Waals surface area contributed by atoms with E-state index in [0.29, 0.717) is 25.0 Å². The van der Waals surface area contributed by atoms with Crippen LogP contribution in [0.3, 0.4) is 0 Å². The van der Waals surface area contributed by atoms with Gasteiger partial charge in [0.15, 0.2) is 17.5 Å². The van der Waals surface area contributed by atoms with Crippen molar-refractivity contribution < 1.29 is 9.76 Å². The zero-order valence-corrected chi connectivity index (χ0v) is 21.6. The van der Waals surface area contributed by atoms with Gasteiger partial charge in [0.2, 0.25) is 0 Å². The van der Waals surface area contributed by atoms with Gasteiger partial charge in [-0.1, -0.05) is 103 Å². The number of hydrogen-bond donors (Lipinski definition) is 1. The smallest absolute Gasteiger partial charge is 0.309 e. The Morgan fingerprint density at radius 1 is 0.649 bits per heavy atom. The molecule has 0 fully saturated rings. The van der Waals surface area contributed by atoms with Gasteiger partial charge in [-0.25, -0.2) is 15.0 Å². The fourth-order valence-electron chi connectivity index (χ4n) is 3.97. The van der Waals surface area contributed by atoms with E-state index in [2.05, 4.69) is 24.3 Å². The van der Waals surface area contributed by atoms with Crippen LogP contribution in [-0.4, -0.2) is 38.7 Å². The minimum Gasteiger partial charge on any atom is -0.427 e. The van der Waals surface area contributed by atoms with E-state index in [4.69, 9.17) is 19.6 Å². The number of hydrogen-bond acceptors (Lipinski definition) is 5. The highest BCUT2D eigenvalue weighted by Gasteiger charge is 2.35. The Balaban J connectivity index is 1.62. The summed E-state index contributed by atoms with van der Waals surface area (Å²) in [5.74, 6) is 1.88. The molecule has 1 aromatic heterocycles. The molecular formula is C31H30BN3O2. The predicted octanol–water partition coefficient (Wildman–Crippen LogP) is 5.57. The van der Waals surface area contributed by atoms with Crippen molar-refractivity contribution in [2.24, 2.45) is 0 Å². The van der Waals surface area contributed by atoms with E-state index in [1.807, 2.05) is 86.6 Å². The summed E-state index contributed by atoms with van der Waals surface area (Å²) in [7, 11) is 0.378. The molecule has 0 saturated carbocycles. The standard InChI is InChI=1S/C31H30BN3O2/c1-30(2,36)31(3,4)37-32-24-19-18-21-16-11-17-25(26(21)20-24)29-34-27(22-12-7-5-8-13-22)33-28(35-29)23-14-9-6-10-15-23/h5-20,32,36H,1-4H3. The van der Waals surface area contributed by atoms with E-state index < -0.39 is 11.2 Å². The van der Waals surface area contributed by atoms with Crippen LogP contribution in [0.2, 0.25) is 0 Å². The first-order valence-electron chi connectivity index (χ1n) is 12.5. The predicted molar refractivity (Wildman–Crippen MR) is 152 cm³/mol. The molecule has 0 unspecified atom stereocenters. The molecule has 184 valence electrons. The lowest BCUT2D eigenvalue weighted by Gasteiger charge is -2.37. The summed E-state index contributed by atoms with van der Waals surface area (Å²) in [6, 6.07) is 32.4. The van der Waals surface area contributed by atoms with Crippen molar-refractivity contribution in [1.82, 2.24) is 15.0 Å². The quantitative estimate of drug-likeness (QED) is 0.304. The maximum atomic E-state index is 10.5. The molecule has 6 heteroatoms. The SMILES string of the molecule is CC(C)(O)C(C)(C)OBc1ccc2cccc(-c3nc(-c4ccccc4)nc(-c4ccccc4)n3)c2c1.